The average Bonchev–Trinajstić information content (AvgIpc) is 2.89. The summed E-state index contributed by atoms with van der Waals surface area (Å²) in [6, 6.07) is 13.6. The monoisotopic (exact) mass is 266 g/mol. The van der Waals surface area contributed by atoms with Gasteiger partial charge in [0.2, 0.25) is 0 Å². The van der Waals surface area contributed by atoms with Crippen molar-refractivity contribution in [2.24, 2.45) is 0 Å². The van der Waals surface area contributed by atoms with E-state index in [4.69, 9.17) is 0 Å². The molecule has 20 heavy (non-hydrogen) atoms. The third-order valence-corrected chi connectivity index (χ3v) is 4.40. The molecule has 104 valence electrons. The molecule has 2 atom stereocenters. The van der Waals surface area contributed by atoms with Gasteiger partial charge in [-0.3, -0.25) is 4.98 Å². The van der Waals surface area contributed by atoms with Gasteiger partial charge in [0.05, 0.1) is 0 Å². The van der Waals surface area contributed by atoms with Crippen LogP contribution in [0.2, 0.25) is 0 Å². The second-order valence-electron chi connectivity index (χ2n) is 5.78. The molecule has 2 unspecified atom stereocenters. The second-order valence-corrected chi connectivity index (χ2v) is 5.78. The van der Waals surface area contributed by atoms with Crippen LogP contribution in [-0.2, 0) is 12.8 Å². The fraction of sp³-hybridized carbons (Fsp3) is 0.389. The van der Waals surface area contributed by atoms with E-state index < -0.39 is 0 Å². The summed E-state index contributed by atoms with van der Waals surface area (Å²) in [5.41, 5.74) is 5.48. The molecule has 1 aliphatic rings. The number of rotatable bonds is 4. The molecule has 0 fully saturated rings. The predicted octanol–water partition coefficient (Wildman–Crippen LogP) is 3.25. The summed E-state index contributed by atoms with van der Waals surface area (Å²) in [6.07, 6.45) is 5.37. The Labute approximate surface area is 121 Å². The molecule has 2 aromatic rings. The lowest BCUT2D eigenvalue weighted by Gasteiger charge is -2.23. The summed E-state index contributed by atoms with van der Waals surface area (Å²) >= 11 is 0. The number of hydrogen-bond donors (Lipinski definition) is 1. The van der Waals surface area contributed by atoms with Gasteiger partial charge in [-0.2, -0.15) is 0 Å². The van der Waals surface area contributed by atoms with Gasteiger partial charge >= 0.3 is 0 Å². The van der Waals surface area contributed by atoms with Crippen molar-refractivity contribution < 1.29 is 0 Å². The molecule has 0 radical (unpaired) electrons. The standard InChI is InChI=1S/C18H22N2/c1-13-5-3-6-14(11-13)12-17(19-2)16-9-8-15-7-4-10-20-18(15)16/h3-7,10-11,16-17,19H,8-9,12H2,1-2H3. The van der Waals surface area contributed by atoms with E-state index in [1.165, 1.54) is 35.2 Å². The Morgan fingerprint density at radius 2 is 2.20 bits per heavy atom. The Kier molecular flexibility index (Phi) is 3.83. The average molecular weight is 266 g/mol. The highest BCUT2D eigenvalue weighted by Crippen LogP contribution is 2.34. The molecule has 1 heterocycles. The molecule has 1 aromatic carbocycles. The summed E-state index contributed by atoms with van der Waals surface area (Å²) in [5, 5.41) is 3.51. The zero-order chi connectivity index (χ0) is 13.9. The van der Waals surface area contributed by atoms with Crippen LogP contribution in [0.15, 0.2) is 42.6 Å². The normalized spacial score (nSPS) is 18.8. The zero-order valence-corrected chi connectivity index (χ0v) is 12.3. The maximum atomic E-state index is 4.63. The van der Waals surface area contributed by atoms with Gasteiger partial charge in [0.1, 0.15) is 0 Å². The smallest absolute Gasteiger partial charge is 0.0482 e. The largest absolute Gasteiger partial charge is 0.316 e. The first-order valence-electron chi connectivity index (χ1n) is 7.44. The number of fused-ring (bicyclic) bond motifs is 1. The lowest BCUT2D eigenvalue weighted by molar-refractivity contribution is 0.450. The Hall–Kier alpha value is -1.67. The first kappa shape index (κ1) is 13.3. The second kappa shape index (κ2) is 5.76. The molecule has 0 saturated heterocycles. The summed E-state index contributed by atoms with van der Waals surface area (Å²) < 4.78 is 0. The number of benzene rings is 1. The van der Waals surface area contributed by atoms with Crippen molar-refractivity contribution in [3.63, 3.8) is 0 Å². The Morgan fingerprint density at radius 1 is 1.30 bits per heavy atom. The Bertz CT molecular complexity index is 591. The minimum Gasteiger partial charge on any atom is -0.316 e. The highest BCUT2D eigenvalue weighted by Gasteiger charge is 2.30. The van der Waals surface area contributed by atoms with Gasteiger partial charge in [-0.05, 0) is 50.4 Å². The molecule has 0 bridgehead atoms. The van der Waals surface area contributed by atoms with Crippen molar-refractivity contribution in [1.82, 2.24) is 10.3 Å². The van der Waals surface area contributed by atoms with E-state index in [2.05, 4.69) is 60.7 Å². The molecule has 0 saturated carbocycles. The van der Waals surface area contributed by atoms with E-state index in [9.17, 15) is 0 Å². The highest BCUT2D eigenvalue weighted by molar-refractivity contribution is 5.31. The summed E-state index contributed by atoms with van der Waals surface area (Å²) in [7, 11) is 2.07. The number of aromatic nitrogens is 1. The number of hydrogen-bond acceptors (Lipinski definition) is 2. The lowest BCUT2D eigenvalue weighted by Crippen LogP contribution is -2.33. The predicted molar refractivity (Wildman–Crippen MR) is 83.0 cm³/mol. The molecule has 3 rings (SSSR count). The van der Waals surface area contributed by atoms with Gasteiger partial charge in [0.15, 0.2) is 0 Å². The fourth-order valence-electron chi connectivity index (χ4n) is 3.37. The van der Waals surface area contributed by atoms with E-state index in [-0.39, 0.29) is 0 Å². The molecule has 2 nitrogen and oxygen atoms in total. The number of nitrogens with zero attached hydrogens (tertiary/aromatic N) is 1. The third kappa shape index (κ3) is 2.61. The quantitative estimate of drug-likeness (QED) is 0.919. The summed E-state index contributed by atoms with van der Waals surface area (Å²) in [6.45, 7) is 2.16. The molecule has 1 aliphatic carbocycles. The maximum absolute atomic E-state index is 4.63. The van der Waals surface area contributed by atoms with Crippen LogP contribution >= 0.6 is 0 Å². The van der Waals surface area contributed by atoms with E-state index in [0.717, 1.165) is 6.42 Å². The fourth-order valence-corrected chi connectivity index (χ4v) is 3.37. The van der Waals surface area contributed by atoms with Gasteiger partial charge in [0, 0.05) is 23.9 Å². The highest BCUT2D eigenvalue weighted by atomic mass is 14.9. The van der Waals surface area contributed by atoms with E-state index >= 15 is 0 Å². The molecule has 1 aromatic heterocycles. The SMILES string of the molecule is CNC(Cc1cccc(C)c1)C1CCc2cccnc21. The summed E-state index contributed by atoms with van der Waals surface area (Å²) in [4.78, 5) is 4.63. The van der Waals surface area contributed by atoms with Gasteiger partial charge in [0.25, 0.3) is 0 Å². The van der Waals surface area contributed by atoms with E-state index in [1.807, 2.05) is 6.20 Å². The van der Waals surface area contributed by atoms with Crippen LogP contribution in [0, 0.1) is 6.92 Å². The van der Waals surface area contributed by atoms with Crippen LogP contribution in [0.4, 0.5) is 0 Å². The number of nitrogens with one attached hydrogen (secondary N) is 1. The molecule has 0 spiro atoms. The van der Waals surface area contributed by atoms with Gasteiger partial charge in [-0.1, -0.05) is 35.9 Å². The topological polar surface area (TPSA) is 24.9 Å². The van der Waals surface area contributed by atoms with Crippen molar-refractivity contribution in [3.8, 4) is 0 Å². The van der Waals surface area contributed by atoms with E-state index in [0.29, 0.717) is 12.0 Å². The first-order chi connectivity index (χ1) is 9.78. The lowest BCUT2D eigenvalue weighted by atomic mass is 9.91. The number of likely N-dealkylation sites (N-methyl/N-ethyl adjacent to an activating group) is 1. The molecule has 0 amide bonds. The van der Waals surface area contributed by atoms with Crippen LogP contribution in [0.1, 0.15) is 34.7 Å². The zero-order valence-electron chi connectivity index (χ0n) is 12.3. The van der Waals surface area contributed by atoms with Crippen molar-refractivity contribution in [3.05, 3.63) is 65.0 Å². The molecule has 0 aliphatic heterocycles. The van der Waals surface area contributed by atoms with Crippen molar-refractivity contribution >= 4 is 0 Å². The van der Waals surface area contributed by atoms with Crippen molar-refractivity contribution in [2.45, 2.75) is 38.1 Å². The van der Waals surface area contributed by atoms with Crippen LogP contribution in [0.5, 0.6) is 0 Å². The first-order valence-corrected chi connectivity index (χ1v) is 7.44. The number of aryl methyl sites for hydroxylation is 2. The van der Waals surface area contributed by atoms with Crippen molar-refractivity contribution in [2.75, 3.05) is 7.05 Å². The summed E-state index contributed by atoms with van der Waals surface area (Å²) in [5.74, 6) is 0.539. The minimum atomic E-state index is 0.466. The van der Waals surface area contributed by atoms with Crippen LogP contribution in [-0.4, -0.2) is 18.1 Å². The number of pyridine rings is 1. The van der Waals surface area contributed by atoms with Gasteiger partial charge in [-0.25, -0.2) is 0 Å². The molecule has 2 heteroatoms. The van der Waals surface area contributed by atoms with Gasteiger partial charge < -0.3 is 5.32 Å². The molecular formula is C18H22N2. The Balaban J connectivity index is 1.81. The third-order valence-electron chi connectivity index (χ3n) is 4.40. The van der Waals surface area contributed by atoms with Crippen LogP contribution in [0.25, 0.3) is 0 Å². The molecule has 1 N–H and O–H groups in total. The van der Waals surface area contributed by atoms with Crippen LogP contribution in [0.3, 0.4) is 0 Å². The molecular weight excluding hydrogens is 244 g/mol. The Morgan fingerprint density at radius 3 is 3.00 bits per heavy atom. The van der Waals surface area contributed by atoms with Crippen LogP contribution < -0.4 is 5.32 Å². The maximum Gasteiger partial charge on any atom is 0.0482 e. The van der Waals surface area contributed by atoms with E-state index in [1.54, 1.807) is 0 Å². The minimum absolute atomic E-state index is 0.466. The van der Waals surface area contributed by atoms with Gasteiger partial charge in [-0.15, -0.1) is 0 Å². The van der Waals surface area contributed by atoms with Crippen molar-refractivity contribution in [1.29, 1.82) is 0 Å².